The zero-order valence-electron chi connectivity index (χ0n) is 11.0. The van der Waals surface area contributed by atoms with E-state index in [1.165, 1.54) is 19.3 Å². The molecule has 1 amide bonds. The van der Waals surface area contributed by atoms with Crippen molar-refractivity contribution in [3.05, 3.63) is 30.3 Å². The quantitative estimate of drug-likeness (QED) is 0.867. The maximum Gasteiger partial charge on any atom is 0.231 e. The Bertz CT molecular complexity index is 387. The number of rotatable bonds is 5. The number of nitrogens with two attached hydrogens (primary N) is 1. The van der Waals surface area contributed by atoms with Crippen molar-refractivity contribution in [2.45, 2.75) is 26.2 Å². The summed E-state index contributed by atoms with van der Waals surface area (Å²) in [6, 6.07) is 9.93. The van der Waals surface area contributed by atoms with E-state index in [2.05, 4.69) is 0 Å². The third kappa shape index (κ3) is 2.91. The molecule has 1 fully saturated rings. The van der Waals surface area contributed by atoms with Crippen LogP contribution in [0.4, 0.5) is 5.69 Å². The van der Waals surface area contributed by atoms with E-state index in [-0.39, 0.29) is 11.8 Å². The summed E-state index contributed by atoms with van der Waals surface area (Å²) in [5.74, 6) is 0.708. The van der Waals surface area contributed by atoms with E-state index in [9.17, 15) is 4.79 Å². The highest BCUT2D eigenvalue weighted by atomic mass is 16.2. The highest BCUT2D eigenvalue weighted by Gasteiger charge is 2.26. The molecule has 1 aliphatic rings. The number of hydrogen-bond acceptors (Lipinski definition) is 2. The van der Waals surface area contributed by atoms with Crippen LogP contribution in [0.25, 0.3) is 0 Å². The molecule has 0 spiro atoms. The predicted molar refractivity (Wildman–Crippen MR) is 74.4 cm³/mol. The minimum Gasteiger partial charge on any atom is -0.330 e. The summed E-state index contributed by atoms with van der Waals surface area (Å²) in [6.45, 7) is 3.15. The van der Waals surface area contributed by atoms with E-state index in [0.717, 1.165) is 12.2 Å². The van der Waals surface area contributed by atoms with Crippen LogP contribution in [0.5, 0.6) is 0 Å². The Balaban J connectivity index is 2.14. The van der Waals surface area contributed by atoms with Crippen LogP contribution in [0.1, 0.15) is 26.2 Å². The van der Waals surface area contributed by atoms with Crippen molar-refractivity contribution in [2.24, 2.45) is 17.6 Å². The first-order valence-corrected chi connectivity index (χ1v) is 6.79. The smallest absolute Gasteiger partial charge is 0.231 e. The molecule has 0 saturated heterocycles. The largest absolute Gasteiger partial charge is 0.330 e. The Kier molecular flexibility index (Phi) is 4.37. The molecule has 0 heterocycles. The highest BCUT2D eigenvalue weighted by molar-refractivity contribution is 5.95. The van der Waals surface area contributed by atoms with Crippen LogP contribution < -0.4 is 10.6 Å². The number of anilines is 1. The van der Waals surface area contributed by atoms with Gasteiger partial charge in [0.25, 0.3) is 0 Å². The number of benzene rings is 1. The first kappa shape index (κ1) is 13.1. The zero-order chi connectivity index (χ0) is 13.0. The SMILES string of the molecule is CC(CN)C(=O)N(CC1CCC1)c1ccccc1. The van der Waals surface area contributed by atoms with E-state index in [1.807, 2.05) is 42.2 Å². The van der Waals surface area contributed by atoms with Crippen molar-refractivity contribution < 1.29 is 4.79 Å². The van der Waals surface area contributed by atoms with E-state index >= 15 is 0 Å². The monoisotopic (exact) mass is 246 g/mol. The molecule has 1 aromatic rings. The lowest BCUT2D eigenvalue weighted by Crippen LogP contribution is -2.42. The summed E-state index contributed by atoms with van der Waals surface area (Å²) in [6.07, 6.45) is 3.79. The molecule has 0 aliphatic heterocycles. The van der Waals surface area contributed by atoms with Crippen LogP contribution in [-0.4, -0.2) is 19.0 Å². The summed E-state index contributed by atoms with van der Waals surface area (Å²) in [5, 5.41) is 0. The van der Waals surface area contributed by atoms with E-state index in [0.29, 0.717) is 12.5 Å². The van der Waals surface area contributed by atoms with Gasteiger partial charge in [-0.1, -0.05) is 31.5 Å². The molecule has 3 nitrogen and oxygen atoms in total. The molecular weight excluding hydrogens is 224 g/mol. The van der Waals surface area contributed by atoms with Crippen LogP contribution >= 0.6 is 0 Å². The van der Waals surface area contributed by atoms with Crippen LogP contribution in [0.3, 0.4) is 0 Å². The van der Waals surface area contributed by atoms with Crippen LogP contribution in [0.2, 0.25) is 0 Å². The van der Waals surface area contributed by atoms with Gasteiger partial charge >= 0.3 is 0 Å². The fourth-order valence-corrected chi connectivity index (χ4v) is 2.23. The molecular formula is C15H22N2O. The molecule has 1 aromatic carbocycles. The lowest BCUT2D eigenvalue weighted by molar-refractivity contribution is -0.121. The molecule has 1 saturated carbocycles. The molecule has 0 radical (unpaired) electrons. The minimum atomic E-state index is -0.106. The Morgan fingerprint density at radius 3 is 2.56 bits per heavy atom. The van der Waals surface area contributed by atoms with Crippen molar-refractivity contribution in [1.82, 2.24) is 0 Å². The fraction of sp³-hybridized carbons (Fsp3) is 0.533. The lowest BCUT2D eigenvalue weighted by Gasteiger charge is -2.33. The number of amides is 1. The average Bonchev–Trinajstić information content (AvgIpc) is 2.37. The van der Waals surface area contributed by atoms with Gasteiger partial charge in [-0.05, 0) is 30.9 Å². The standard InChI is InChI=1S/C15H22N2O/c1-12(10-16)15(18)17(11-13-6-5-7-13)14-8-3-2-4-9-14/h2-4,8-9,12-13H,5-7,10-11,16H2,1H3. The molecule has 1 unspecified atom stereocenters. The van der Waals surface area contributed by atoms with Gasteiger partial charge in [-0.25, -0.2) is 0 Å². The maximum atomic E-state index is 12.4. The second-order valence-corrected chi connectivity index (χ2v) is 5.22. The van der Waals surface area contributed by atoms with E-state index < -0.39 is 0 Å². The topological polar surface area (TPSA) is 46.3 Å². The normalized spacial score (nSPS) is 17.0. The first-order chi connectivity index (χ1) is 8.72. The minimum absolute atomic E-state index is 0.106. The van der Waals surface area contributed by atoms with Gasteiger partial charge in [-0.15, -0.1) is 0 Å². The molecule has 2 rings (SSSR count). The van der Waals surface area contributed by atoms with Crippen LogP contribution in [0.15, 0.2) is 30.3 Å². The summed E-state index contributed by atoms with van der Waals surface area (Å²) in [7, 11) is 0. The number of carbonyl (C=O) groups is 1. The van der Waals surface area contributed by atoms with Gasteiger partial charge in [0.05, 0.1) is 0 Å². The summed E-state index contributed by atoms with van der Waals surface area (Å²) < 4.78 is 0. The summed E-state index contributed by atoms with van der Waals surface area (Å²) >= 11 is 0. The van der Waals surface area contributed by atoms with Crippen molar-refractivity contribution in [3.63, 3.8) is 0 Å². The predicted octanol–water partition coefficient (Wildman–Crippen LogP) is 2.41. The third-order valence-electron chi connectivity index (χ3n) is 3.77. The molecule has 3 heteroatoms. The Hall–Kier alpha value is -1.35. The Morgan fingerprint density at radius 2 is 2.06 bits per heavy atom. The van der Waals surface area contributed by atoms with E-state index in [4.69, 9.17) is 5.73 Å². The molecule has 0 bridgehead atoms. The van der Waals surface area contributed by atoms with Crippen molar-refractivity contribution in [2.75, 3.05) is 18.0 Å². The summed E-state index contributed by atoms with van der Waals surface area (Å²) in [4.78, 5) is 14.3. The molecule has 0 aromatic heterocycles. The third-order valence-corrected chi connectivity index (χ3v) is 3.77. The maximum absolute atomic E-state index is 12.4. The molecule has 2 N–H and O–H groups in total. The van der Waals surface area contributed by atoms with Crippen molar-refractivity contribution in [1.29, 1.82) is 0 Å². The van der Waals surface area contributed by atoms with Gasteiger partial charge in [0, 0.05) is 24.7 Å². The molecule has 98 valence electrons. The van der Waals surface area contributed by atoms with Crippen LogP contribution in [0, 0.1) is 11.8 Å². The first-order valence-electron chi connectivity index (χ1n) is 6.79. The molecule has 18 heavy (non-hydrogen) atoms. The number of carbonyl (C=O) groups excluding carboxylic acids is 1. The molecule has 1 atom stereocenters. The van der Waals surface area contributed by atoms with Gasteiger partial charge in [0.2, 0.25) is 5.91 Å². The highest BCUT2D eigenvalue weighted by Crippen LogP contribution is 2.29. The number of para-hydroxylation sites is 1. The van der Waals surface area contributed by atoms with Gasteiger partial charge in [-0.2, -0.15) is 0 Å². The number of nitrogens with zero attached hydrogens (tertiary/aromatic N) is 1. The number of hydrogen-bond donors (Lipinski definition) is 1. The average molecular weight is 246 g/mol. The Morgan fingerprint density at radius 1 is 1.39 bits per heavy atom. The van der Waals surface area contributed by atoms with Gasteiger partial charge in [-0.3, -0.25) is 4.79 Å². The van der Waals surface area contributed by atoms with Gasteiger partial charge in [0.1, 0.15) is 0 Å². The second kappa shape index (κ2) is 6.01. The zero-order valence-corrected chi connectivity index (χ0v) is 11.0. The summed E-state index contributed by atoms with van der Waals surface area (Å²) in [5.41, 5.74) is 6.61. The van der Waals surface area contributed by atoms with E-state index in [1.54, 1.807) is 0 Å². The van der Waals surface area contributed by atoms with Crippen molar-refractivity contribution >= 4 is 11.6 Å². The molecule has 1 aliphatic carbocycles. The lowest BCUT2D eigenvalue weighted by atomic mass is 9.85. The van der Waals surface area contributed by atoms with Gasteiger partial charge in [0.15, 0.2) is 0 Å². The van der Waals surface area contributed by atoms with Crippen LogP contribution in [-0.2, 0) is 4.79 Å². The van der Waals surface area contributed by atoms with Gasteiger partial charge < -0.3 is 10.6 Å². The second-order valence-electron chi connectivity index (χ2n) is 5.22. The Labute approximate surface area is 109 Å². The van der Waals surface area contributed by atoms with Crippen molar-refractivity contribution in [3.8, 4) is 0 Å². The fourth-order valence-electron chi connectivity index (χ4n) is 2.23.